The monoisotopic (exact) mass is 255 g/mol. The molecule has 0 aliphatic carbocycles. The second kappa shape index (κ2) is 6.72. The van der Waals surface area contributed by atoms with E-state index in [4.69, 9.17) is 15.7 Å². The van der Waals surface area contributed by atoms with E-state index >= 15 is 0 Å². The number of amides is 1. The van der Waals surface area contributed by atoms with Gasteiger partial charge < -0.3 is 15.4 Å². The molecule has 0 aromatic rings. The second-order valence-corrected chi connectivity index (χ2v) is 5.71. The van der Waals surface area contributed by atoms with Crippen molar-refractivity contribution in [2.24, 2.45) is 11.7 Å². The highest BCUT2D eigenvalue weighted by molar-refractivity contribution is 5.82. The topological polar surface area (TPSA) is 79.4 Å². The molecule has 1 unspecified atom stereocenters. The third-order valence-electron chi connectivity index (χ3n) is 2.47. The Morgan fingerprint density at radius 2 is 1.94 bits per heavy atom. The van der Waals surface area contributed by atoms with Gasteiger partial charge in [-0.05, 0) is 34.6 Å². The first kappa shape index (κ1) is 16.9. The number of nitrogens with zero attached hydrogens (tertiary/aromatic N) is 2. The van der Waals surface area contributed by atoms with Gasteiger partial charge in [0.1, 0.15) is 6.04 Å². The highest BCUT2D eigenvalue weighted by Crippen LogP contribution is 2.13. The molecule has 5 heteroatoms. The largest absolute Gasteiger partial charge is 0.371 e. The molecule has 1 amide bonds. The van der Waals surface area contributed by atoms with E-state index in [-0.39, 0.29) is 23.5 Å². The molecule has 0 spiro atoms. The van der Waals surface area contributed by atoms with E-state index in [0.717, 1.165) is 0 Å². The molecular formula is C13H25N3O2. The minimum absolute atomic E-state index is 0.200. The molecule has 0 aliphatic rings. The fourth-order valence-corrected chi connectivity index (χ4v) is 1.63. The number of nitriles is 1. The molecule has 2 N–H and O–H groups in total. The fraction of sp³-hybridized carbons (Fsp3) is 0.846. The lowest BCUT2D eigenvalue weighted by Gasteiger charge is -2.30. The number of hydrogen-bond acceptors (Lipinski definition) is 4. The van der Waals surface area contributed by atoms with Crippen LogP contribution in [0.25, 0.3) is 0 Å². The zero-order valence-electron chi connectivity index (χ0n) is 12.2. The number of nitrogens with two attached hydrogens (primary N) is 1. The predicted octanol–water partition coefficient (Wildman–Crippen LogP) is 1.14. The van der Waals surface area contributed by atoms with E-state index in [1.165, 1.54) is 4.90 Å². The zero-order valence-corrected chi connectivity index (χ0v) is 12.2. The first-order chi connectivity index (χ1) is 8.08. The summed E-state index contributed by atoms with van der Waals surface area (Å²) in [6.07, 6.45) is -0.364. The quantitative estimate of drug-likeness (QED) is 0.798. The standard InChI is InChI=1S/C13H25N3O2/c1-9(7-14)8-16(6)12(17)11(15)10(2)18-13(3,4)5/h9-11H,8,15H2,1-6H3/t9?,10-,11+/m1/s1. The summed E-state index contributed by atoms with van der Waals surface area (Å²) in [6.45, 7) is 9.69. The Morgan fingerprint density at radius 1 is 1.44 bits per heavy atom. The van der Waals surface area contributed by atoms with Gasteiger partial charge in [0.25, 0.3) is 0 Å². The van der Waals surface area contributed by atoms with Crippen molar-refractivity contribution in [1.82, 2.24) is 4.90 Å². The minimum Gasteiger partial charge on any atom is -0.371 e. The van der Waals surface area contributed by atoms with Gasteiger partial charge in [0.2, 0.25) is 5.91 Å². The van der Waals surface area contributed by atoms with Crippen LogP contribution in [0.5, 0.6) is 0 Å². The van der Waals surface area contributed by atoms with Crippen molar-refractivity contribution in [2.75, 3.05) is 13.6 Å². The van der Waals surface area contributed by atoms with Gasteiger partial charge >= 0.3 is 0 Å². The van der Waals surface area contributed by atoms with Crippen LogP contribution in [0.3, 0.4) is 0 Å². The van der Waals surface area contributed by atoms with Gasteiger partial charge in [-0.3, -0.25) is 4.79 Å². The molecule has 104 valence electrons. The summed E-state index contributed by atoms with van der Waals surface area (Å²) < 4.78 is 5.66. The van der Waals surface area contributed by atoms with Gasteiger partial charge in [0.05, 0.1) is 23.7 Å². The molecule has 0 rings (SSSR count). The van der Waals surface area contributed by atoms with Gasteiger partial charge in [0, 0.05) is 13.6 Å². The molecule has 0 bridgehead atoms. The van der Waals surface area contributed by atoms with Crippen LogP contribution in [0.4, 0.5) is 0 Å². The lowest BCUT2D eigenvalue weighted by Crippen LogP contribution is -2.51. The Hall–Kier alpha value is -1.12. The highest BCUT2D eigenvalue weighted by atomic mass is 16.5. The van der Waals surface area contributed by atoms with Crippen LogP contribution >= 0.6 is 0 Å². The SMILES string of the molecule is CC(C#N)CN(C)C(=O)[C@@H](N)[C@@H](C)OC(C)(C)C. The number of ether oxygens (including phenoxy) is 1. The molecule has 0 saturated heterocycles. The van der Waals surface area contributed by atoms with E-state index in [1.807, 2.05) is 20.8 Å². The smallest absolute Gasteiger partial charge is 0.241 e. The lowest BCUT2D eigenvalue weighted by atomic mass is 10.1. The Morgan fingerprint density at radius 3 is 2.33 bits per heavy atom. The van der Waals surface area contributed by atoms with Crippen molar-refractivity contribution in [1.29, 1.82) is 5.26 Å². The molecule has 0 aliphatic heterocycles. The summed E-state index contributed by atoms with van der Waals surface area (Å²) in [5, 5.41) is 8.72. The van der Waals surface area contributed by atoms with Crippen LogP contribution in [0, 0.1) is 17.2 Å². The second-order valence-electron chi connectivity index (χ2n) is 5.71. The molecule has 0 aromatic carbocycles. The van der Waals surface area contributed by atoms with E-state index in [0.29, 0.717) is 6.54 Å². The summed E-state index contributed by atoms with van der Waals surface area (Å²) >= 11 is 0. The average molecular weight is 255 g/mol. The van der Waals surface area contributed by atoms with Gasteiger partial charge in [-0.1, -0.05) is 0 Å². The van der Waals surface area contributed by atoms with Crippen molar-refractivity contribution >= 4 is 5.91 Å². The van der Waals surface area contributed by atoms with Crippen molar-refractivity contribution in [3.05, 3.63) is 0 Å². The summed E-state index contributed by atoms with van der Waals surface area (Å²) in [5.74, 6) is -0.404. The van der Waals surface area contributed by atoms with Crippen LogP contribution < -0.4 is 5.73 Å². The Balaban J connectivity index is 4.46. The maximum Gasteiger partial charge on any atom is 0.241 e. The predicted molar refractivity (Wildman–Crippen MR) is 70.7 cm³/mol. The van der Waals surface area contributed by atoms with Crippen LogP contribution in [0.15, 0.2) is 0 Å². The van der Waals surface area contributed by atoms with E-state index in [1.54, 1.807) is 20.9 Å². The third-order valence-corrected chi connectivity index (χ3v) is 2.47. The molecule has 0 fully saturated rings. The van der Waals surface area contributed by atoms with E-state index < -0.39 is 6.04 Å². The minimum atomic E-state index is -0.708. The van der Waals surface area contributed by atoms with E-state index in [9.17, 15) is 4.79 Å². The Kier molecular flexibility index (Phi) is 6.30. The van der Waals surface area contributed by atoms with Gasteiger partial charge in [-0.25, -0.2) is 0 Å². The van der Waals surface area contributed by atoms with Gasteiger partial charge in [-0.2, -0.15) is 5.26 Å². The molecular weight excluding hydrogens is 230 g/mol. The van der Waals surface area contributed by atoms with Crippen molar-refractivity contribution in [2.45, 2.75) is 52.4 Å². The first-order valence-electron chi connectivity index (χ1n) is 6.16. The molecule has 0 aromatic heterocycles. The normalized spacial score (nSPS) is 16.6. The number of rotatable bonds is 5. The molecule has 0 saturated carbocycles. The van der Waals surface area contributed by atoms with Crippen molar-refractivity contribution in [3.8, 4) is 6.07 Å². The van der Waals surface area contributed by atoms with Crippen molar-refractivity contribution < 1.29 is 9.53 Å². The van der Waals surface area contributed by atoms with Crippen LogP contribution in [0.2, 0.25) is 0 Å². The molecule has 5 nitrogen and oxygen atoms in total. The maximum absolute atomic E-state index is 12.0. The maximum atomic E-state index is 12.0. The molecule has 18 heavy (non-hydrogen) atoms. The first-order valence-corrected chi connectivity index (χ1v) is 6.16. The summed E-state index contributed by atoms with van der Waals surface area (Å²) in [6, 6.07) is 1.38. The van der Waals surface area contributed by atoms with Crippen LogP contribution in [-0.2, 0) is 9.53 Å². The van der Waals surface area contributed by atoms with Crippen molar-refractivity contribution in [3.63, 3.8) is 0 Å². The summed E-state index contributed by atoms with van der Waals surface area (Å²) in [5.41, 5.74) is 5.55. The molecule has 0 radical (unpaired) electrons. The lowest BCUT2D eigenvalue weighted by molar-refractivity contribution is -0.138. The fourth-order valence-electron chi connectivity index (χ4n) is 1.63. The number of hydrogen-bond donors (Lipinski definition) is 1. The number of carbonyl (C=O) groups is 1. The third kappa shape index (κ3) is 5.99. The summed E-state index contributed by atoms with van der Waals surface area (Å²) in [7, 11) is 1.65. The van der Waals surface area contributed by atoms with Crippen LogP contribution in [-0.4, -0.2) is 42.1 Å². The Bertz CT molecular complexity index is 317. The molecule has 0 heterocycles. The molecule has 3 atom stereocenters. The summed E-state index contributed by atoms with van der Waals surface area (Å²) in [4.78, 5) is 13.5. The number of carbonyl (C=O) groups excluding carboxylic acids is 1. The zero-order chi connectivity index (χ0) is 14.5. The number of likely N-dealkylation sites (N-methyl/N-ethyl adjacent to an activating group) is 1. The highest BCUT2D eigenvalue weighted by Gasteiger charge is 2.28. The Labute approximate surface area is 110 Å². The van der Waals surface area contributed by atoms with Gasteiger partial charge in [-0.15, -0.1) is 0 Å². The van der Waals surface area contributed by atoms with Crippen LogP contribution in [0.1, 0.15) is 34.6 Å². The van der Waals surface area contributed by atoms with Gasteiger partial charge in [0.15, 0.2) is 0 Å². The average Bonchev–Trinajstić information content (AvgIpc) is 2.24. The van der Waals surface area contributed by atoms with E-state index in [2.05, 4.69) is 6.07 Å².